The van der Waals surface area contributed by atoms with Crippen LogP contribution in [0.15, 0.2) is 46.9 Å². The maximum absolute atomic E-state index is 9.42. The van der Waals surface area contributed by atoms with Crippen molar-refractivity contribution in [2.45, 2.75) is 6.92 Å². The first-order valence-electron chi connectivity index (χ1n) is 5.39. The molecule has 1 aromatic heterocycles. The lowest BCUT2D eigenvalue weighted by Crippen LogP contribution is -1.76. The topological polar surface area (TPSA) is 46.3 Å². The summed E-state index contributed by atoms with van der Waals surface area (Å²) in [7, 11) is 0. The summed E-state index contributed by atoms with van der Waals surface area (Å²) in [6.07, 6.45) is 0. The van der Waals surface area contributed by atoms with E-state index in [0.717, 1.165) is 22.2 Å². The van der Waals surface area contributed by atoms with Crippen molar-refractivity contribution in [1.29, 1.82) is 0 Å². The van der Waals surface area contributed by atoms with E-state index in [4.69, 9.17) is 4.42 Å². The number of fused-ring (bicyclic) bond motifs is 1. The Morgan fingerprint density at radius 3 is 2.82 bits per heavy atom. The maximum Gasteiger partial charge on any atom is 0.227 e. The lowest BCUT2D eigenvalue weighted by molar-refractivity contribution is 0.475. The molecular formula is C14H11NO2. The third kappa shape index (κ3) is 1.76. The second-order valence-corrected chi connectivity index (χ2v) is 4.04. The normalized spacial score (nSPS) is 10.9. The Kier molecular flexibility index (Phi) is 2.11. The van der Waals surface area contributed by atoms with Gasteiger partial charge in [0.05, 0.1) is 0 Å². The predicted octanol–water partition coefficient (Wildman–Crippen LogP) is 3.51. The third-order valence-corrected chi connectivity index (χ3v) is 2.64. The summed E-state index contributed by atoms with van der Waals surface area (Å²) in [6, 6.07) is 12.8. The van der Waals surface area contributed by atoms with Crippen molar-refractivity contribution in [3.8, 4) is 17.2 Å². The fraction of sp³-hybridized carbons (Fsp3) is 0.0714. The van der Waals surface area contributed by atoms with Crippen molar-refractivity contribution >= 4 is 11.1 Å². The van der Waals surface area contributed by atoms with Crippen LogP contribution in [0.5, 0.6) is 5.75 Å². The summed E-state index contributed by atoms with van der Waals surface area (Å²) in [4.78, 5) is 4.39. The Labute approximate surface area is 98.3 Å². The summed E-state index contributed by atoms with van der Waals surface area (Å²) in [5, 5.41) is 9.42. The minimum Gasteiger partial charge on any atom is -0.508 e. The van der Waals surface area contributed by atoms with Gasteiger partial charge in [0.1, 0.15) is 11.3 Å². The molecular weight excluding hydrogens is 214 g/mol. The number of hydrogen-bond acceptors (Lipinski definition) is 3. The molecule has 3 nitrogen and oxygen atoms in total. The van der Waals surface area contributed by atoms with Crippen LogP contribution in [0.4, 0.5) is 0 Å². The van der Waals surface area contributed by atoms with E-state index in [-0.39, 0.29) is 5.75 Å². The maximum atomic E-state index is 9.42. The Morgan fingerprint density at radius 1 is 1.12 bits per heavy atom. The molecule has 0 bridgehead atoms. The standard InChI is InChI=1S/C14H11NO2/c1-9-5-6-12-13(7-9)17-14(15-12)10-3-2-4-11(16)8-10/h2-8,16H,1H3. The van der Waals surface area contributed by atoms with Gasteiger partial charge in [-0.3, -0.25) is 0 Å². The van der Waals surface area contributed by atoms with E-state index in [1.54, 1.807) is 18.2 Å². The second-order valence-electron chi connectivity index (χ2n) is 4.04. The molecule has 3 rings (SSSR count). The van der Waals surface area contributed by atoms with Crippen molar-refractivity contribution in [3.05, 3.63) is 48.0 Å². The lowest BCUT2D eigenvalue weighted by Gasteiger charge is -1.95. The Hall–Kier alpha value is -2.29. The van der Waals surface area contributed by atoms with Crippen LogP contribution in [0.3, 0.4) is 0 Å². The van der Waals surface area contributed by atoms with Crippen molar-refractivity contribution in [1.82, 2.24) is 4.98 Å². The molecule has 0 unspecified atom stereocenters. The largest absolute Gasteiger partial charge is 0.508 e. The Balaban J connectivity index is 2.18. The van der Waals surface area contributed by atoms with Gasteiger partial charge in [-0.1, -0.05) is 12.1 Å². The quantitative estimate of drug-likeness (QED) is 0.689. The van der Waals surface area contributed by atoms with Crippen molar-refractivity contribution in [2.75, 3.05) is 0 Å². The summed E-state index contributed by atoms with van der Waals surface area (Å²) < 4.78 is 5.67. The van der Waals surface area contributed by atoms with Gasteiger partial charge in [0.25, 0.3) is 0 Å². The number of benzene rings is 2. The highest BCUT2D eigenvalue weighted by Crippen LogP contribution is 2.26. The molecule has 0 aliphatic heterocycles. The van der Waals surface area contributed by atoms with E-state index in [1.807, 2.05) is 31.2 Å². The molecule has 0 saturated carbocycles. The number of hydrogen-bond donors (Lipinski definition) is 1. The summed E-state index contributed by atoms with van der Waals surface area (Å²) >= 11 is 0. The fourth-order valence-corrected chi connectivity index (χ4v) is 1.79. The van der Waals surface area contributed by atoms with Crippen LogP contribution < -0.4 is 0 Å². The summed E-state index contributed by atoms with van der Waals surface area (Å²) in [5.41, 5.74) is 3.51. The van der Waals surface area contributed by atoms with Gasteiger partial charge in [0, 0.05) is 5.56 Å². The summed E-state index contributed by atoms with van der Waals surface area (Å²) in [5.74, 6) is 0.738. The number of oxazole rings is 1. The summed E-state index contributed by atoms with van der Waals surface area (Å²) in [6.45, 7) is 2.01. The average Bonchev–Trinajstić information content (AvgIpc) is 2.72. The number of aromatic nitrogens is 1. The number of rotatable bonds is 1. The van der Waals surface area contributed by atoms with Crippen LogP contribution >= 0.6 is 0 Å². The molecule has 0 atom stereocenters. The van der Waals surface area contributed by atoms with E-state index in [0.29, 0.717) is 5.89 Å². The Bertz CT molecular complexity index is 686. The Morgan fingerprint density at radius 2 is 2.00 bits per heavy atom. The van der Waals surface area contributed by atoms with Crippen LogP contribution in [-0.2, 0) is 0 Å². The van der Waals surface area contributed by atoms with Gasteiger partial charge in [-0.05, 0) is 42.8 Å². The molecule has 0 spiro atoms. The van der Waals surface area contributed by atoms with Gasteiger partial charge >= 0.3 is 0 Å². The molecule has 3 aromatic rings. The van der Waals surface area contributed by atoms with Gasteiger partial charge in [-0.2, -0.15) is 0 Å². The minimum absolute atomic E-state index is 0.209. The molecule has 17 heavy (non-hydrogen) atoms. The minimum atomic E-state index is 0.209. The number of aryl methyl sites for hydroxylation is 1. The second kappa shape index (κ2) is 3.63. The zero-order chi connectivity index (χ0) is 11.8. The molecule has 0 amide bonds. The highest BCUT2D eigenvalue weighted by atomic mass is 16.3. The first-order chi connectivity index (χ1) is 8.22. The van der Waals surface area contributed by atoms with E-state index in [1.165, 1.54) is 0 Å². The van der Waals surface area contributed by atoms with Gasteiger partial charge in [0.15, 0.2) is 5.58 Å². The van der Waals surface area contributed by atoms with Gasteiger partial charge < -0.3 is 9.52 Å². The number of aromatic hydroxyl groups is 1. The molecule has 0 saturated heterocycles. The lowest BCUT2D eigenvalue weighted by atomic mass is 10.2. The highest BCUT2D eigenvalue weighted by molar-refractivity contribution is 5.77. The SMILES string of the molecule is Cc1ccc2nc(-c3cccc(O)c3)oc2c1. The third-order valence-electron chi connectivity index (χ3n) is 2.64. The average molecular weight is 225 g/mol. The molecule has 0 aliphatic rings. The number of phenolic OH excluding ortho intramolecular Hbond substituents is 1. The molecule has 84 valence electrons. The molecule has 0 fully saturated rings. The molecule has 1 heterocycles. The zero-order valence-electron chi connectivity index (χ0n) is 9.34. The number of nitrogens with zero attached hydrogens (tertiary/aromatic N) is 1. The first-order valence-corrected chi connectivity index (χ1v) is 5.39. The van der Waals surface area contributed by atoms with E-state index in [9.17, 15) is 5.11 Å². The van der Waals surface area contributed by atoms with Crippen molar-refractivity contribution < 1.29 is 9.52 Å². The van der Waals surface area contributed by atoms with Crippen molar-refractivity contribution in [3.63, 3.8) is 0 Å². The van der Waals surface area contributed by atoms with E-state index < -0.39 is 0 Å². The smallest absolute Gasteiger partial charge is 0.227 e. The van der Waals surface area contributed by atoms with Crippen LogP contribution in [0.25, 0.3) is 22.6 Å². The van der Waals surface area contributed by atoms with Gasteiger partial charge in [0.2, 0.25) is 5.89 Å². The molecule has 0 aliphatic carbocycles. The molecule has 1 N–H and O–H groups in total. The predicted molar refractivity (Wildman–Crippen MR) is 65.8 cm³/mol. The molecule has 2 aromatic carbocycles. The van der Waals surface area contributed by atoms with Crippen LogP contribution in [0.1, 0.15) is 5.56 Å². The highest BCUT2D eigenvalue weighted by Gasteiger charge is 2.08. The van der Waals surface area contributed by atoms with Crippen LogP contribution in [0, 0.1) is 6.92 Å². The van der Waals surface area contributed by atoms with E-state index >= 15 is 0 Å². The molecule has 3 heteroatoms. The van der Waals surface area contributed by atoms with Crippen LogP contribution in [-0.4, -0.2) is 10.1 Å². The zero-order valence-corrected chi connectivity index (χ0v) is 9.34. The van der Waals surface area contributed by atoms with Crippen molar-refractivity contribution in [2.24, 2.45) is 0 Å². The van der Waals surface area contributed by atoms with E-state index in [2.05, 4.69) is 4.98 Å². The fourth-order valence-electron chi connectivity index (χ4n) is 1.79. The van der Waals surface area contributed by atoms with Gasteiger partial charge in [-0.15, -0.1) is 0 Å². The molecule has 0 radical (unpaired) electrons. The number of phenols is 1. The van der Waals surface area contributed by atoms with Gasteiger partial charge in [-0.25, -0.2) is 4.98 Å². The first kappa shape index (κ1) is 9.90. The monoisotopic (exact) mass is 225 g/mol. The van der Waals surface area contributed by atoms with Crippen LogP contribution in [0.2, 0.25) is 0 Å².